The van der Waals surface area contributed by atoms with Crippen molar-refractivity contribution < 1.29 is 19.0 Å². The van der Waals surface area contributed by atoms with Crippen LogP contribution in [0.4, 0.5) is 0 Å². The molecule has 0 spiro atoms. The van der Waals surface area contributed by atoms with Gasteiger partial charge in [0.05, 0.1) is 36.1 Å². The summed E-state index contributed by atoms with van der Waals surface area (Å²) in [5.74, 6) is 0.574. The van der Waals surface area contributed by atoms with Crippen molar-refractivity contribution in [3.8, 4) is 11.5 Å². The van der Waals surface area contributed by atoms with E-state index in [0.29, 0.717) is 37.7 Å². The second kappa shape index (κ2) is 9.69. The van der Waals surface area contributed by atoms with Crippen LogP contribution in [0.2, 0.25) is 0 Å². The van der Waals surface area contributed by atoms with E-state index in [0.717, 1.165) is 5.56 Å². The zero-order valence-corrected chi connectivity index (χ0v) is 20.5. The van der Waals surface area contributed by atoms with Crippen LogP contribution in [0.3, 0.4) is 0 Å². The highest BCUT2D eigenvalue weighted by atomic mass is 32.1. The van der Waals surface area contributed by atoms with E-state index in [1.54, 1.807) is 57.8 Å². The minimum Gasteiger partial charge on any atom is -0.497 e. The molecule has 1 aromatic heterocycles. The maximum atomic E-state index is 13.7. The fourth-order valence-corrected chi connectivity index (χ4v) is 4.95. The van der Waals surface area contributed by atoms with Gasteiger partial charge in [-0.25, -0.2) is 9.79 Å². The van der Waals surface area contributed by atoms with Crippen molar-refractivity contribution in [3.63, 3.8) is 0 Å². The second-order valence-corrected chi connectivity index (χ2v) is 9.06. The number of benzene rings is 2. The number of ether oxygens (including phenoxy) is 3. The Morgan fingerprint density at radius 2 is 1.85 bits per heavy atom. The Hall–Kier alpha value is -3.65. The standard InChI is InChI=1S/C26H26N2O5S/c1-15(2)33-25(30)22-16(3)27-26-28(23(22)19-14-18(31-4)11-12-20(19)32-5)24(29)21(34-26)13-17-9-7-6-8-10-17/h6-15,23H,1-5H3/b21-13-. The molecule has 3 aromatic rings. The molecule has 0 saturated carbocycles. The van der Waals surface area contributed by atoms with E-state index in [1.807, 2.05) is 36.4 Å². The van der Waals surface area contributed by atoms with Gasteiger partial charge < -0.3 is 14.2 Å². The molecule has 0 N–H and O–H groups in total. The van der Waals surface area contributed by atoms with Crippen LogP contribution in [0, 0.1) is 0 Å². The Morgan fingerprint density at radius 3 is 2.50 bits per heavy atom. The maximum absolute atomic E-state index is 13.7. The molecule has 34 heavy (non-hydrogen) atoms. The molecule has 0 radical (unpaired) electrons. The smallest absolute Gasteiger partial charge is 0.338 e. The number of hydrogen-bond donors (Lipinski definition) is 0. The Morgan fingerprint density at radius 1 is 1.12 bits per heavy atom. The normalized spacial score (nSPS) is 15.7. The maximum Gasteiger partial charge on any atom is 0.338 e. The van der Waals surface area contributed by atoms with E-state index in [1.165, 1.54) is 11.3 Å². The number of hydrogen-bond acceptors (Lipinski definition) is 7. The summed E-state index contributed by atoms with van der Waals surface area (Å²) >= 11 is 1.28. The molecular weight excluding hydrogens is 452 g/mol. The van der Waals surface area contributed by atoms with E-state index in [4.69, 9.17) is 14.2 Å². The molecule has 2 heterocycles. The number of allylic oxidation sites excluding steroid dienone is 1. The molecule has 2 aromatic carbocycles. The number of thiazole rings is 1. The monoisotopic (exact) mass is 478 g/mol. The average Bonchev–Trinajstić information content (AvgIpc) is 3.12. The zero-order valence-electron chi connectivity index (χ0n) is 19.7. The molecule has 1 aliphatic rings. The van der Waals surface area contributed by atoms with Crippen molar-refractivity contribution in [1.82, 2.24) is 4.57 Å². The van der Waals surface area contributed by atoms with Crippen LogP contribution < -0.4 is 24.4 Å². The summed E-state index contributed by atoms with van der Waals surface area (Å²) in [5.41, 5.74) is 2.05. The molecule has 1 unspecified atom stereocenters. The topological polar surface area (TPSA) is 79.1 Å². The molecule has 4 rings (SSSR count). The largest absolute Gasteiger partial charge is 0.497 e. The minimum absolute atomic E-state index is 0.246. The predicted molar refractivity (Wildman–Crippen MR) is 131 cm³/mol. The zero-order chi connectivity index (χ0) is 24.4. The first-order valence-electron chi connectivity index (χ1n) is 10.8. The molecule has 0 fully saturated rings. The highest BCUT2D eigenvalue weighted by Gasteiger charge is 2.35. The fourth-order valence-electron chi connectivity index (χ4n) is 3.91. The molecular formula is C26H26N2O5S. The molecule has 7 nitrogen and oxygen atoms in total. The summed E-state index contributed by atoms with van der Waals surface area (Å²) in [7, 11) is 3.11. The lowest BCUT2D eigenvalue weighted by molar-refractivity contribution is -0.143. The first kappa shape index (κ1) is 23.5. The molecule has 1 aliphatic heterocycles. The molecule has 8 heteroatoms. The summed E-state index contributed by atoms with van der Waals surface area (Å²) in [6, 6.07) is 14.1. The number of nitrogens with zero attached hydrogens (tertiary/aromatic N) is 2. The van der Waals surface area contributed by atoms with Gasteiger partial charge in [-0.2, -0.15) is 0 Å². The van der Waals surface area contributed by atoms with Crippen molar-refractivity contribution in [2.45, 2.75) is 32.9 Å². The van der Waals surface area contributed by atoms with Gasteiger partial charge in [0.1, 0.15) is 17.5 Å². The van der Waals surface area contributed by atoms with E-state index < -0.39 is 12.0 Å². The van der Waals surface area contributed by atoms with Gasteiger partial charge in [-0.05, 0) is 50.6 Å². The Balaban J connectivity index is 2.02. The highest BCUT2D eigenvalue weighted by molar-refractivity contribution is 7.07. The van der Waals surface area contributed by atoms with Crippen LogP contribution in [0.5, 0.6) is 11.5 Å². The number of esters is 1. The Labute approximate surface area is 201 Å². The predicted octanol–water partition coefficient (Wildman–Crippen LogP) is 3.20. The SMILES string of the molecule is COc1ccc(OC)c(C2C(C(=O)OC(C)C)=C(C)N=c3s/c(=C\c4ccccc4)c(=O)n32)c1. The second-order valence-electron chi connectivity index (χ2n) is 8.05. The van der Waals surface area contributed by atoms with Gasteiger partial charge in [0, 0.05) is 5.56 Å². The van der Waals surface area contributed by atoms with Crippen LogP contribution in [-0.2, 0) is 9.53 Å². The quantitative estimate of drug-likeness (QED) is 0.509. The molecule has 176 valence electrons. The minimum atomic E-state index is -0.787. The molecule has 0 amide bonds. The average molecular weight is 479 g/mol. The van der Waals surface area contributed by atoms with E-state index in [9.17, 15) is 9.59 Å². The van der Waals surface area contributed by atoms with Gasteiger partial charge in [0.2, 0.25) is 0 Å². The lowest BCUT2D eigenvalue weighted by Gasteiger charge is -2.26. The summed E-state index contributed by atoms with van der Waals surface area (Å²) < 4.78 is 18.7. The number of carbonyl (C=O) groups excluding carboxylic acids is 1. The van der Waals surface area contributed by atoms with Crippen LogP contribution in [-0.4, -0.2) is 30.9 Å². The Kier molecular flexibility index (Phi) is 6.70. The van der Waals surface area contributed by atoms with Crippen molar-refractivity contribution in [2.24, 2.45) is 4.99 Å². The summed E-state index contributed by atoms with van der Waals surface area (Å²) in [6.45, 7) is 5.32. The third-order valence-corrected chi connectivity index (χ3v) is 6.40. The van der Waals surface area contributed by atoms with Crippen LogP contribution in [0.1, 0.15) is 37.9 Å². The molecule has 0 bridgehead atoms. The van der Waals surface area contributed by atoms with Gasteiger partial charge in [0.25, 0.3) is 5.56 Å². The summed E-state index contributed by atoms with van der Waals surface area (Å²) in [5, 5.41) is 0. The van der Waals surface area contributed by atoms with Gasteiger partial charge in [-0.15, -0.1) is 0 Å². The third-order valence-electron chi connectivity index (χ3n) is 5.41. The van der Waals surface area contributed by atoms with Crippen LogP contribution in [0.15, 0.2) is 69.6 Å². The van der Waals surface area contributed by atoms with Crippen molar-refractivity contribution in [2.75, 3.05) is 14.2 Å². The van der Waals surface area contributed by atoms with E-state index >= 15 is 0 Å². The van der Waals surface area contributed by atoms with Crippen LogP contribution >= 0.6 is 11.3 Å². The number of aromatic nitrogens is 1. The van der Waals surface area contributed by atoms with E-state index in [2.05, 4.69) is 4.99 Å². The molecule has 0 aliphatic carbocycles. The molecule has 1 atom stereocenters. The first-order valence-corrected chi connectivity index (χ1v) is 11.7. The van der Waals surface area contributed by atoms with Gasteiger partial charge in [-0.1, -0.05) is 41.7 Å². The number of rotatable bonds is 6. The number of fused-ring (bicyclic) bond motifs is 1. The van der Waals surface area contributed by atoms with Crippen molar-refractivity contribution in [1.29, 1.82) is 0 Å². The summed E-state index contributed by atoms with van der Waals surface area (Å²) in [4.78, 5) is 32.1. The van der Waals surface area contributed by atoms with Crippen LogP contribution in [0.25, 0.3) is 6.08 Å². The van der Waals surface area contributed by atoms with Gasteiger partial charge in [0.15, 0.2) is 4.80 Å². The van der Waals surface area contributed by atoms with Gasteiger partial charge in [-0.3, -0.25) is 9.36 Å². The number of carbonyl (C=O) groups is 1. The fraction of sp³-hybridized carbons (Fsp3) is 0.269. The number of methoxy groups -OCH3 is 2. The lowest BCUT2D eigenvalue weighted by atomic mass is 9.94. The van der Waals surface area contributed by atoms with Crippen molar-refractivity contribution in [3.05, 3.63) is 90.6 Å². The molecule has 0 saturated heterocycles. The van der Waals surface area contributed by atoms with Crippen molar-refractivity contribution >= 4 is 23.4 Å². The Bertz CT molecular complexity index is 1430. The van der Waals surface area contributed by atoms with Gasteiger partial charge >= 0.3 is 5.97 Å². The highest BCUT2D eigenvalue weighted by Crippen LogP contribution is 2.37. The third kappa shape index (κ3) is 4.41. The van der Waals surface area contributed by atoms with E-state index in [-0.39, 0.29) is 11.7 Å². The first-order chi connectivity index (χ1) is 16.3. The lowest BCUT2D eigenvalue weighted by Crippen LogP contribution is -2.40. The summed E-state index contributed by atoms with van der Waals surface area (Å²) in [6.07, 6.45) is 1.50.